The van der Waals surface area contributed by atoms with Crippen LogP contribution >= 0.6 is 0 Å². The predicted octanol–water partition coefficient (Wildman–Crippen LogP) is 2.57. The van der Waals surface area contributed by atoms with Gasteiger partial charge < -0.3 is 19.7 Å². The number of carbonyl (C=O) groups is 2. The van der Waals surface area contributed by atoms with Crippen molar-refractivity contribution < 1.29 is 19.1 Å². The summed E-state index contributed by atoms with van der Waals surface area (Å²) in [5.74, 6) is 1.18. The first-order valence-electron chi connectivity index (χ1n) is 10.5. The van der Waals surface area contributed by atoms with Gasteiger partial charge in [0.05, 0.1) is 32.9 Å². The third-order valence-corrected chi connectivity index (χ3v) is 5.53. The Morgan fingerprint density at radius 1 is 1.34 bits per heavy atom. The smallest absolute Gasteiger partial charge is 0.251 e. The quantitative estimate of drug-likeness (QED) is 0.648. The van der Waals surface area contributed by atoms with Gasteiger partial charge in [-0.15, -0.1) is 0 Å². The van der Waals surface area contributed by atoms with E-state index in [0.717, 1.165) is 12.8 Å². The van der Waals surface area contributed by atoms with Crippen molar-refractivity contribution in [2.24, 2.45) is 5.92 Å². The van der Waals surface area contributed by atoms with Crippen molar-refractivity contribution in [2.75, 3.05) is 25.6 Å². The highest BCUT2D eigenvalue weighted by Crippen LogP contribution is 2.31. The van der Waals surface area contributed by atoms with Crippen LogP contribution in [0.1, 0.15) is 46.0 Å². The van der Waals surface area contributed by atoms with Crippen LogP contribution in [0.15, 0.2) is 24.1 Å². The van der Waals surface area contributed by atoms with Gasteiger partial charge in [0.25, 0.3) is 5.91 Å². The summed E-state index contributed by atoms with van der Waals surface area (Å²) in [4.78, 5) is 27.2. The second-order valence-corrected chi connectivity index (χ2v) is 8.06. The Labute approximate surface area is 172 Å². The molecule has 0 bridgehead atoms. The zero-order valence-corrected chi connectivity index (χ0v) is 17.6. The molecule has 1 aromatic heterocycles. The third-order valence-electron chi connectivity index (χ3n) is 5.53. The van der Waals surface area contributed by atoms with Crippen LogP contribution in [0.4, 0.5) is 5.82 Å². The van der Waals surface area contributed by atoms with Gasteiger partial charge in [-0.2, -0.15) is 5.10 Å². The molecule has 160 valence electrons. The number of amides is 2. The van der Waals surface area contributed by atoms with E-state index in [9.17, 15) is 9.59 Å². The van der Waals surface area contributed by atoms with Crippen molar-refractivity contribution in [3.8, 4) is 0 Å². The van der Waals surface area contributed by atoms with E-state index in [1.807, 2.05) is 20.0 Å². The van der Waals surface area contributed by atoms with Crippen molar-refractivity contribution in [3.05, 3.63) is 24.1 Å². The number of nitrogens with one attached hydrogen (secondary N) is 1. The Hall–Kier alpha value is -2.35. The van der Waals surface area contributed by atoms with Crippen molar-refractivity contribution in [3.63, 3.8) is 0 Å². The number of carbonyl (C=O) groups excluding carboxylic acids is 2. The lowest BCUT2D eigenvalue weighted by Crippen LogP contribution is -2.46. The first-order valence-corrected chi connectivity index (χ1v) is 10.5. The maximum atomic E-state index is 13.1. The lowest BCUT2D eigenvalue weighted by molar-refractivity contribution is -0.134. The third kappa shape index (κ3) is 5.82. The first-order chi connectivity index (χ1) is 14.0. The SMILES string of the molecule is COC1=CC(=O)N(C(CC2CCCC2)C(=O)Nc2ccn(CCOC(C)C)n2)C1. The summed E-state index contributed by atoms with van der Waals surface area (Å²) >= 11 is 0. The number of aromatic nitrogens is 2. The molecule has 3 rings (SSSR count). The van der Waals surface area contributed by atoms with Crippen molar-refractivity contribution in [2.45, 2.75) is 64.6 Å². The Bertz CT molecular complexity index is 737. The Balaban J connectivity index is 1.63. The van der Waals surface area contributed by atoms with Crippen molar-refractivity contribution in [1.82, 2.24) is 14.7 Å². The van der Waals surface area contributed by atoms with E-state index in [1.165, 1.54) is 18.9 Å². The maximum absolute atomic E-state index is 13.1. The minimum atomic E-state index is -0.524. The minimum absolute atomic E-state index is 0.170. The van der Waals surface area contributed by atoms with E-state index in [2.05, 4.69) is 10.4 Å². The molecule has 2 amide bonds. The summed E-state index contributed by atoms with van der Waals surface area (Å²) in [5.41, 5.74) is 0. The highest BCUT2D eigenvalue weighted by Gasteiger charge is 2.36. The topological polar surface area (TPSA) is 85.7 Å². The molecule has 1 aliphatic carbocycles. The molecule has 2 aliphatic rings. The number of rotatable bonds is 10. The molecule has 1 fully saturated rings. The molecule has 0 aromatic carbocycles. The van der Waals surface area contributed by atoms with Gasteiger partial charge in [0.1, 0.15) is 11.8 Å². The molecule has 1 aliphatic heterocycles. The molecule has 1 N–H and O–H groups in total. The Morgan fingerprint density at radius 3 is 2.76 bits per heavy atom. The van der Waals surface area contributed by atoms with Gasteiger partial charge in [-0.05, 0) is 26.2 Å². The fourth-order valence-electron chi connectivity index (χ4n) is 3.98. The van der Waals surface area contributed by atoms with Crippen molar-refractivity contribution >= 4 is 17.6 Å². The average Bonchev–Trinajstić information content (AvgIpc) is 3.41. The van der Waals surface area contributed by atoms with E-state index in [0.29, 0.717) is 43.6 Å². The molecular weight excluding hydrogens is 372 g/mol. The molecule has 1 unspecified atom stereocenters. The van der Waals surface area contributed by atoms with Crippen LogP contribution in [0.5, 0.6) is 0 Å². The van der Waals surface area contributed by atoms with E-state index in [1.54, 1.807) is 22.8 Å². The number of nitrogens with zero attached hydrogens (tertiary/aromatic N) is 3. The van der Waals surface area contributed by atoms with Crippen LogP contribution in [0.2, 0.25) is 0 Å². The molecule has 1 saturated carbocycles. The lowest BCUT2D eigenvalue weighted by atomic mass is 9.97. The molecule has 1 aromatic rings. The van der Waals surface area contributed by atoms with Gasteiger partial charge in [0.2, 0.25) is 5.91 Å². The maximum Gasteiger partial charge on any atom is 0.251 e. The van der Waals surface area contributed by atoms with E-state index >= 15 is 0 Å². The zero-order chi connectivity index (χ0) is 20.8. The minimum Gasteiger partial charge on any atom is -0.499 e. The fraction of sp³-hybridized carbons (Fsp3) is 0.667. The molecule has 8 heteroatoms. The molecule has 0 radical (unpaired) electrons. The molecule has 8 nitrogen and oxygen atoms in total. The largest absolute Gasteiger partial charge is 0.499 e. The Morgan fingerprint density at radius 2 is 2.10 bits per heavy atom. The molecule has 1 atom stereocenters. The van der Waals surface area contributed by atoms with Gasteiger partial charge in [-0.25, -0.2) is 0 Å². The number of hydrogen-bond acceptors (Lipinski definition) is 5. The van der Waals surface area contributed by atoms with Gasteiger partial charge in [0.15, 0.2) is 5.82 Å². The van der Waals surface area contributed by atoms with Gasteiger partial charge in [0, 0.05) is 18.3 Å². The standard InChI is InChI=1S/C21H32N4O4/c1-15(2)29-11-10-24-9-8-19(23-24)22-21(27)18(12-16-6-4-5-7-16)25-14-17(28-3)13-20(25)26/h8-9,13,15-16,18H,4-7,10-12,14H2,1-3H3,(H,22,23,27). The summed E-state index contributed by atoms with van der Waals surface area (Å²) in [6, 6.07) is 1.24. The monoisotopic (exact) mass is 404 g/mol. The number of hydrogen-bond donors (Lipinski definition) is 1. The average molecular weight is 405 g/mol. The second-order valence-electron chi connectivity index (χ2n) is 8.06. The summed E-state index contributed by atoms with van der Waals surface area (Å²) in [6.07, 6.45) is 8.74. The van der Waals surface area contributed by atoms with Gasteiger partial charge in [-0.1, -0.05) is 25.7 Å². The molecule has 0 saturated heterocycles. The highest BCUT2D eigenvalue weighted by molar-refractivity contribution is 5.99. The predicted molar refractivity (Wildman–Crippen MR) is 109 cm³/mol. The fourth-order valence-corrected chi connectivity index (χ4v) is 3.98. The van der Waals surface area contributed by atoms with Crippen LogP contribution < -0.4 is 5.32 Å². The van der Waals surface area contributed by atoms with E-state index < -0.39 is 6.04 Å². The zero-order valence-electron chi connectivity index (χ0n) is 17.6. The highest BCUT2D eigenvalue weighted by atomic mass is 16.5. The van der Waals surface area contributed by atoms with Crippen molar-refractivity contribution in [1.29, 1.82) is 0 Å². The van der Waals surface area contributed by atoms with Crippen LogP contribution in [-0.2, 0) is 25.6 Å². The summed E-state index contributed by atoms with van der Waals surface area (Å²) in [6.45, 7) is 5.49. The van der Waals surface area contributed by atoms with Gasteiger partial charge >= 0.3 is 0 Å². The first kappa shape index (κ1) is 21.4. The Kier molecular flexibility index (Phi) is 7.30. The summed E-state index contributed by atoms with van der Waals surface area (Å²) in [5, 5.41) is 7.30. The van der Waals surface area contributed by atoms with E-state index in [4.69, 9.17) is 9.47 Å². The number of anilines is 1. The molecule has 2 heterocycles. The number of ether oxygens (including phenoxy) is 2. The summed E-state index contributed by atoms with van der Waals surface area (Å²) in [7, 11) is 1.55. The normalized spacial score (nSPS) is 18.4. The van der Waals surface area contributed by atoms with Crippen LogP contribution in [-0.4, -0.2) is 58.9 Å². The van der Waals surface area contributed by atoms with Gasteiger partial charge in [-0.3, -0.25) is 14.3 Å². The van der Waals surface area contributed by atoms with Crippen LogP contribution in [0, 0.1) is 5.92 Å². The van der Waals surface area contributed by atoms with Crippen LogP contribution in [0.3, 0.4) is 0 Å². The molecule has 29 heavy (non-hydrogen) atoms. The second kappa shape index (κ2) is 9.91. The molecule has 0 spiro atoms. The molecular formula is C21H32N4O4. The lowest BCUT2D eigenvalue weighted by Gasteiger charge is -2.28. The summed E-state index contributed by atoms with van der Waals surface area (Å²) < 4.78 is 12.5. The van der Waals surface area contributed by atoms with E-state index in [-0.39, 0.29) is 17.9 Å². The van der Waals surface area contributed by atoms with Crippen LogP contribution in [0.25, 0.3) is 0 Å². The number of methoxy groups -OCH3 is 1.